The highest BCUT2D eigenvalue weighted by molar-refractivity contribution is 7.18. The van der Waals surface area contributed by atoms with Gasteiger partial charge in [-0.25, -0.2) is 4.98 Å². The lowest BCUT2D eigenvalue weighted by atomic mass is 9.95. The van der Waals surface area contributed by atoms with E-state index in [2.05, 4.69) is 29.5 Å². The minimum absolute atomic E-state index is 0.139. The molecular formula is C12H22N4OS. The smallest absolute Gasteiger partial charge is 0.265 e. The third kappa shape index (κ3) is 3.35. The number of nitrogen functional groups attached to an aromatic ring is 1. The fourth-order valence-corrected chi connectivity index (χ4v) is 2.33. The van der Waals surface area contributed by atoms with Gasteiger partial charge >= 0.3 is 0 Å². The number of nitrogens with zero attached hydrogens (tertiary/aromatic N) is 1. The molecule has 0 aliphatic carbocycles. The Bertz CT molecular complexity index is 412. The Balaban J connectivity index is 2.84. The van der Waals surface area contributed by atoms with Gasteiger partial charge in [0.15, 0.2) is 5.13 Å². The summed E-state index contributed by atoms with van der Waals surface area (Å²) < 4.78 is 0. The molecule has 0 aromatic carbocycles. The van der Waals surface area contributed by atoms with Crippen LogP contribution in [-0.2, 0) is 0 Å². The van der Waals surface area contributed by atoms with E-state index in [0.717, 1.165) is 19.4 Å². The van der Waals surface area contributed by atoms with Crippen molar-refractivity contribution in [1.29, 1.82) is 0 Å². The summed E-state index contributed by atoms with van der Waals surface area (Å²) in [4.78, 5) is 16.8. The molecule has 1 aromatic rings. The molecule has 5 nitrogen and oxygen atoms in total. The van der Waals surface area contributed by atoms with Gasteiger partial charge in [0.2, 0.25) is 0 Å². The second-order valence-electron chi connectivity index (χ2n) is 4.49. The number of nitrogens with two attached hydrogens (primary N) is 1. The van der Waals surface area contributed by atoms with E-state index >= 15 is 0 Å². The Morgan fingerprint density at radius 3 is 2.50 bits per heavy atom. The second-order valence-corrected chi connectivity index (χ2v) is 5.48. The fraction of sp³-hybridized carbons (Fsp3) is 0.667. The standard InChI is InChI=1S/C12H22N4OS/c1-5-12(4,6-2)16-10(17)8-9(13)15-11(18-8)14-7-3/h5-7,13H2,1-4H3,(H,14,15)(H,16,17). The molecule has 0 aliphatic heterocycles. The molecule has 1 rings (SSSR count). The molecule has 18 heavy (non-hydrogen) atoms. The van der Waals surface area contributed by atoms with Crippen LogP contribution in [0.5, 0.6) is 0 Å². The summed E-state index contributed by atoms with van der Waals surface area (Å²) >= 11 is 1.29. The first-order valence-corrected chi connectivity index (χ1v) is 7.10. The maximum atomic E-state index is 12.2. The van der Waals surface area contributed by atoms with E-state index in [9.17, 15) is 4.79 Å². The van der Waals surface area contributed by atoms with Crippen molar-refractivity contribution in [3.05, 3.63) is 4.88 Å². The largest absolute Gasteiger partial charge is 0.382 e. The molecule has 1 amide bonds. The van der Waals surface area contributed by atoms with E-state index in [4.69, 9.17) is 5.73 Å². The van der Waals surface area contributed by atoms with Crippen LogP contribution in [0.15, 0.2) is 0 Å². The maximum Gasteiger partial charge on any atom is 0.265 e. The topological polar surface area (TPSA) is 80.0 Å². The molecule has 0 bridgehead atoms. The molecule has 0 unspecified atom stereocenters. The molecule has 0 saturated carbocycles. The Kier molecular flexibility index (Phi) is 4.95. The minimum atomic E-state index is -0.189. The Morgan fingerprint density at radius 1 is 1.39 bits per heavy atom. The number of carbonyl (C=O) groups is 1. The van der Waals surface area contributed by atoms with Crippen LogP contribution in [0, 0.1) is 0 Å². The Morgan fingerprint density at radius 2 is 2.00 bits per heavy atom. The number of amides is 1. The average Bonchev–Trinajstić information content (AvgIpc) is 2.70. The normalized spacial score (nSPS) is 11.3. The summed E-state index contributed by atoms with van der Waals surface area (Å²) in [6, 6.07) is 0. The number of hydrogen-bond acceptors (Lipinski definition) is 5. The van der Waals surface area contributed by atoms with Crippen LogP contribution >= 0.6 is 11.3 Å². The monoisotopic (exact) mass is 270 g/mol. The molecule has 1 aromatic heterocycles. The summed E-state index contributed by atoms with van der Waals surface area (Å²) in [6.07, 6.45) is 1.77. The van der Waals surface area contributed by atoms with Crippen LogP contribution in [0.1, 0.15) is 50.2 Å². The number of thiazole rings is 1. The van der Waals surface area contributed by atoms with Crippen molar-refractivity contribution < 1.29 is 4.79 Å². The number of carbonyl (C=O) groups excluding carboxylic acids is 1. The van der Waals surface area contributed by atoms with E-state index < -0.39 is 0 Å². The van der Waals surface area contributed by atoms with Gasteiger partial charge in [0, 0.05) is 12.1 Å². The van der Waals surface area contributed by atoms with Crippen molar-refractivity contribution in [2.75, 3.05) is 17.6 Å². The van der Waals surface area contributed by atoms with E-state index in [0.29, 0.717) is 15.8 Å². The average molecular weight is 270 g/mol. The van der Waals surface area contributed by atoms with Gasteiger partial charge in [0.05, 0.1) is 0 Å². The predicted molar refractivity (Wildman–Crippen MR) is 77.1 cm³/mol. The van der Waals surface area contributed by atoms with Gasteiger partial charge in [-0.2, -0.15) is 0 Å². The zero-order valence-electron chi connectivity index (χ0n) is 11.5. The molecule has 0 fully saturated rings. The lowest BCUT2D eigenvalue weighted by Crippen LogP contribution is -2.44. The summed E-state index contributed by atoms with van der Waals surface area (Å²) in [5.41, 5.74) is 5.58. The summed E-state index contributed by atoms with van der Waals surface area (Å²) in [7, 11) is 0. The highest BCUT2D eigenvalue weighted by atomic mass is 32.1. The number of rotatable bonds is 6. The number of anilines is 2. The molecule has 0 saturated heterocycles. The van der Waals surface area contributed by atoms with Crippen LogP contribution in [0.4, 0.5) is 10.9 Å². The number of aromatic nitrogens is 1. The van der Waals surface area contributed by atoms with E-state index in [-0.39, 0.29) is 11.4 Å². The zero-order chi connectivity index (χ0) is 13.8. The van der Waals surface area contributed by atoms with Crippen molar-refractivity contribution in [3.63, 3.8) is 0 Å². The van der Waals surface area contributed by atoms with Crippen molar-refractivity contribution in [3.8, 4) is 0 Å². The van der Waals surface area contributed by atoms with Gasteiger partial charge in [0.25, 0.3) is 5.91 Å². The summed E-state index contributed by atoms with van der Waals surface area (Å²) in [5, 5.41) is 6.78. The molecular weight excluding hydrogens is 248 g/mol. The van der Waals surface area contributed by atoms with Gasteiger partial charge < -0.3 is 16.4 Å². The van der Waals surface area contributed by atoms with E-state index in [1.165, 1.54) is 11.3 Å². The Labute approximate surface area is 112 Å². The van der Waals surface area contributed by atoms with Gasteiger partial charge in [-0.3, -0.25) is 4.79 Å². The number of nitrogens with one attached hydrogen (secondary N) is 2. The first-order chi connectivity index (χ1) is 8.45. The fourth-order valence-electron chi connectivity index (χ4n) is 1.48. The highest BCUT2D eigenvalue weighted by Gasteiger charge is 2.25. The second kappa shape index (κ2) is 6.04. The van der Waals surface area contributed by atoms with Crippen molar-refractivity contribution in [2.24, 2.45) is 0 Å². The van der Waals surface area contributed by atoms with Crippen LogP contribution < -0.4 is 16.4 Å². The first kappa shape index (κ1) is 14.8. The first-order valence-electron chi connectivity index (χ1n) is 6.28. The van der Waals surface area contributed by atoms with E-state index in [1.54, 1.807) is 0 Å². The van der Waals surface area contributed by atoms with Crippen LogP contribution in [0.3, 0.4) is 0 Å². The minimum Gasteiger partial charge on any atom is -0.382 e. The van der Waals surface area contributed by atoms with Gasteiger partial charge in [0.1, 0.15) is 10.7 Å². The molecule has 0 spiro atoms. The third-order valence-corrected chi connectivity index (χ3v) is 4.19. The predicted octanol–water partition coefficient (Wildman–Crippen LogP) is 2.47. The van der Waals surface area contributed by atoms with Gasteiger partial charge in [-0.05, 0) is 26.7 Å². The van der Waals surface area contributed by atoms with Gasteiger partial charge in [-0.1, -0.05) is 25.2 Å². The van der Waals surface area contributed by atoms with Crippen LogP contribution in [0.25, 0.3) is 0 Å². The van der Waals surface area contributed by atoms with E-state index in [1.807, 2.05) is 13.8 Å². The maximum absolute atomic E-state index is 12.2. The Hall–Kier alpha value is -1.30. The van der Waals surface area contributed by atoms with Gasteiger partial charge in [-0.15, -0.1) is 0 Å². The van der Waals surface area contributed by atoms with Crippen molar-refractivity contribution in [2.45, 2.75) is 46.1 Å². The SMILES string of the molecule is CCNc1nc(N)c(C(=O)NC(C)(CC)CC)s1. The highest BCUT2D eigenvalue weighted by Crippen LogP contribution is 2.26. The summed E-state index contributed by atoms with van der Waals surface area (Å²) in [5.74, 6) is 0.156. The lowest BCUT2D eigenvalue weighted by molar-refractivity contribution is 0.0906. The number of hydrogen-bond donors (Lipinski definition) is 3. The summed E-state index contributed by atoms with van der Waals surface area (Å²) in [6.45, 7) is 8.89. The quantitative estimate of drug-likeness (QED) is 0.742. The van der Waals surface area contributed by atoms with Crippen LogP contribution in [0.2, 0.25) is 0 Å². The molecule has 0 atom stereocenters. The van der Waals surface area contributed by atoms with Crippen molar-refractivity contribution >= 4 is 28.2 Å². The zero-order valence-corrected chi connectivity index (χ0v) is 12.3. The lowest BCUT2D eigenvalue weighted by Gasteiger charge is -2.27. The molecule has 0 aliphatic rings. The third-order valence-electron chi connectivity index (χ3n) is 3.16. The molecule has 102 valence electrons. The van der Waals surface area contributed by atoms with Crippen molar-refractivity contribution in [1.82, 2.24) is 10.3 Å². The molecule has 4 N–H and O–H groups in total. The molecule has 1 heterocycles. The van der Waals surface area contributed by atoms with Crippen LogP contribution in [-0.4, -0.2) is 23.0 Å². The molecule has 0 radical (unpaired) electrons. The molecule has 6 heteroatoms.